The normalized spacial score (nSPS) is 17.1. The average molecular weight is 331 g/mol. The molecule has 0 radical (unpaired) electrons. The molecule has 0 bridgehead atoms. The fraction of sp³-hybridized carbons (Fsp3) is 0.733. The van der Waals surface area contributed by atoms with Crippen LogP contribution in [0.1, 0.15) is 50.0 Å². The molecule has 0 atom stereocenters. The third kappa shape index (κ3) is 4.06. The highest BCUT2D eigenvalue weighted by molar-refractivity contribution is 7.89. The van der Waals surface area contributed by atoms with Crippen molar-refractivity contribution in [3.8, 4) is 0 Å². The second-order valence-electron chi connectivity index (χ2n) is 6.03. The lowest BCUT2D eigenvalue weighted by molar-refractivity contribution is 0.475. The van der Waals surface area contributed by atoms with Gasteiger partial charge in [-0.3, -0.25) is 0 Å². The summed E-state index contributed by atoms with van der Waals surface area (Å²) in [6.07, 6.45) is 4.37. The van der Waals surface area contributed by atoms with Crippen LogP contribution in [0.25, 0.3) is 0 Å². The van der Waals surface area contributed by atoms with Crippen molar-refractivity contribution in [2.24, 2.45) is 5.41 Å². The zero-order valence-electron chi connectivity index (χ0n) is 13.2. The average Bonchev–Trinajstić information content (AvgIpc) is 3.14. The second-order valence-corrected chi connectivity index (χ2v) is 8.69. The molecule has 1 aromatic heterocycles. The van der Waals surface area contributed by atoms with Crippen LogP contribution in [0.3, 0.4) is 0 Å². The number of hydrogen-bond donors (Lipinski definition) is 2. The molecule has 0 saturated heterocycles. The van der Waals surface area contributed by atoms with Gasteiger partial charge in [-0.05, 0) is 55.5 Å². The maximum absolute atomic E-state index is 12.6. The number of hydrogen-bond acceptors (Lipinski definition) is 4. The fourth-order valence-corrected chi connectivity index (χ4v) is 5.43. The standard InChI is InChI=1S/C15H26N2O2S2/c1-4-8-16-9-13-14(12(3)10-20-13)21(18,19)17-11-15(5-2)6-7-15/h10,16-17H,4-9,11H2,1-3H3. The molecule has 0 spiro atoms. The largest absolute Gasteiger partial charge is 0.312 e. The van der Waals surface area contributed by atoms with Crippen molar-refractivity contribution in [2.75, 3.05) is 13.1 Å². The van der Waals surface area contributed by atoms with Crippen LogP contribution in [0.5, 0.6) is 0 Å². The first-order chi connectivity index (χ1) is 9.94. The van der Waals surface area contributed by atoms with Crippen molar-refractivity contribution in [3.05, 3.63) is 15.8 Å². The molecule has 1 aliphatic rings. The summed E-state index contributed by atoms with van der Waals surface area (Å²) in [5, 5.41) is 5.23. The maximum Gasteiger partial charge on any atom is 0.242 e. The van der Waals surface area contributed by atoms with E-state index in [9.17, 15) is 8.42 Å². The Bertz CT molecular complexity index is 574. The predicted octanol–water partition coefficient (Wildman–Crippen LogP) is 3.02. The molecule has 1 heterocycles. The first-order valence-corrected chi connectivity index (χ1v) is 10.1. The number of nitrogens with one attached hydrogen (secondary N) is 2. The Morgan fingerprint density at radius 3 is 2.62 bits per heavy atom. The van der Waals surface area contributed by atoms with E-state index in [0.717, 1.165) is 42.7 Å². The third-order valence-electron chi connectivity index (χ3n) is 4.31. The van der Waals surface area contributed by atoms with Gasteiger partial charge in [0.25, 0.3) is 0 Å². The van der Waals surface area contributed by atoms with E-state index in [2.05, 4.69) is 23.9 Å². The molecular formula is C15H26N2O2S2. The van der Waals surface area contributed by atoms with Gasteiger partial charge in [0.2, 0.25) is 10.0 Å². The molecule has 1 aliphatic carbocycles. The lowest BCUT2D eigenvalue weighted by Crippen LogP contribution is -2.31. The highest BCUT2D eigenvalue weighted by Gasteiger charge is 2.41. The van der Waals surface area contributed by atoms with Gasteiger partial charge in [-0.2, -0.15) is 0 Å². The summed E-state index contributed by atoms with van der Waals surface area (Å²) < 4.78 is 28.1. The minimum Gasteiger partial charge on any atom is -0.312 e. The zero-order chi connectivity index (χ0) is 15.5. The molecule has 0 aliphatic heterocycles. The lowest BCUT2D eigenvalue weighted by atomic mass is 10.1. The summed E-state index contributed by atoms with van der Waals surface area (Å²) in [7, 11) is -3.40. The first-order valence-electron chi connectivity index (χ1n) is 7.71. The second kappa shape index (κ2) is 6.77. The van der Waals surface area contributed by atoms with Gasteiger partial charge in [0.1, 0.15) is 4.90 Å². The number of sulfonamides is 1. The van der Waals surface area contributed by atoms with Crippen LogP contribution in [0.15, 0.2) is 10.3 Å². The smallest absolute Gasteiger partial charge is 0.242 e. The van der Waals surface area contributed by atoms with Crippen LogP contribution < -0.4 is 10.0 Å². The molecule has 6 heteroatoms. The van der Waals surface area contributed by atoms with Gasteiger partial charge in [-0.15, -0.1) is 11.3 Å². The summed E-state index contributed by atoms with van der Waals surface area (Å²) in [6, 6.07) is 0. The molecular weight excluding hydrogens is 304 g/mol. The van der Waals surface area contributed by atoms with Gasteiger partial charge in [-0.1, -0.05) is 13.8 Å². The molecule has 2 rings (SSSR count). The van der Waals surface area contributed by atoms with Crippen molar-refractivity contribution in [3.63, 3.8) is 0 Å². The Kier molecular flexibility index (Phi) is 5.46. The predicted molar refractivity (Wildman–Crippen MR) is 88.2 cm³/mol. The minimum atomic E-state index is -3.40. The Hall–Kier alpha value is -0.430. The molecule has 1 aromatic rings. The van der Waals surface area contributed by atoms with E-state index in [4.69, 9.17) is 0 Å². The third-order valence-corrected chi connectivity index (χ3v) is 7.18. The van der Waals surface area contributed by atoms with Crippen LogP contribution in [0.4, 0.5) is 0 Å². The van der Waals surface area contributed by atoms with Crippen LogP contribution >= 0.6 is 11.3 Å². The van der Waals surface area contributed by atoms with Gasteiger partial charge in [-0.25, -0.2) is 13.1 Å². The topological polar surface area (TPSA) is 58.2 Å². The fourth-order valence-electron chi connectivity index (χ4n) is 2.50. The van der Waals surface area contributed by atoms with Crippen molar-refractivity contribution < 1.29 is 8.42 Å². The van der Waals surface area contributed by atoms with E-state index < -0.39 is 10.0 Å². The molecule has 120 valence electrons. The lowest BCUT2D eigenvalue weighted by Gasteiger charge is -2.15. The zero-order valence-corrected chi connectivity index (χ0v) is 14.8. The molecule has 0 amide bonds. The molecule has 2 N–H and O–H groups in total. The van der Waals surface area contributed by atoms with E-state index in [0.29, 0.717) is 18.0 Å². The summed E-state index contributed by atoms with van der Waals surface area (Å²) >= 11 is 1.53. The first kappa shape index (κ1) is 16.9. The highest BCUT2D eigenvalue weighted by Crippen LogP contribution is 2.48. The van der Waals surface area contributed by atoms with Crippen LogP contribution in [0.2, 0.25) is 0 Å². The van der Waals surface area contributed by atoms with Gasteiger partial charge in [0.15, 0.2) is 0 Å². The molecule has 0 aromatic carbocycles. The monoisotopic (exact) mass is 330 g/mol. The summed E-state index contributed by atoms with van der Waals surface area (Å²) in [6.45, 7) is 8.22. The molecule has 4 nitrogen and oxygen atoms in total. The van der Waals surface area contributed by atoms with Crippen molar-refractivity contribution in [1.82, 2.24) is 10.0 Å². The number of aryl methyl sites for hydroxylation is 1. The van der Waals surface area contributed by atoms with Crippen molar-refractivity contribution >= 4 is 21.4 Å². The molecule has 21 heavy (non-hydrogen) atoms. The van der Waals surface area contributed by atoms with E-state index in [-0.39, 0.29) is 5.41 Å². The van der Waals surface area contributed by atoms with Crippen LogP contribution in [-0.4, -0.2) is 21.5 Å². The van der Waals surface area contributed by atoms with Crippen LogP contribution in [-0.2, 0) is 16.6 Å². The molecule has 1 fully saturated rings. The summed E-state index contributed by atoms with van der Waals surface area (Å²) in [5.74, 6) is 0. The van der Waals surface area contributed by atoms with E-state index >= 15 is 0 Å². The van der Waals surface area contributed by atoms with Crippen LogP contribution in [0, 0.1) is 12.3 Å². The van der Waals surface area contributed by atoms with Crippen molar-refractivity contribution in [1.29, 1.82) is 0 Å². The van der Waals surface area contributed by atoms with Gasteiger partial charge in [0.05, 0.1) is 0 Å². The SMILES string of the molecule is CCCNCc1scc(C)c1S(=O)(=O)NCC1(CC)CC1. The summed E-state index contributed by atoms with van der Waals surface area (Å²) in [4.78, 5) is 1.40. The molecule has 0 unspecified atom stereocenters. The van der Waals surface area contributed by atoms with E-state index in [1.165, 1.54) is 11.3 Å². The summed E-state index contributed by atoms with van der Waals surface area (Å²) in [5.41, 5.74) is 1.07. The van der Waals surface area contributed by atoms with Crippen molar-refractivity contribution in [2.45, 2.75) is 57.9 Å². The number of rotatable bonds is 9. The Morgan fingerprint density at radius 2 is 2.05 bits per heavy atom. The van der Waals surface area contributed by atoms with E-state index in [1.807, 2.05) is 12.3 Å². The highest BCUT2D eigenvalue weighted by atomic mass is 32.2. The Morgan fingerprint density at radius 1 is 1.33 bits per heavy atom. The Balaban J connectivity index is 2.09. The number of thiophene rings is 1. The van der Waals surface area contributed by atoms with E-state index in [1.54, 1.807) is 0 Å². The quantitative estimate of drug-likeness (QED) is 0.684. The minimum absolute atomic E-state index is 0.220. The van der Waals surface area contributed by atoms with Gasteiger partial charge >= 0.3 is 0 Å². The molecule has 1 saturated carbocycles. The van der Waals surface area contributed by atoms with Gasteiger partial charge < -0.3 is 5.32 Å². The maximum atomic E-state index is 12.6. The Labute approximate surface area is 132 Å². The van der Waals surface area contributed by atoms with Gasteiger partial charge in [0, 0.05) is 18.0 Å².